The maximum absolute atomic E-state index is 13.2. The number of benzene rings is 3. The van der Waals surface area contributed by atoms with Crippen LogP contribution in [-0.4, -0.2) is 22.8 Å². The van der Waals surface area contributed by atoms with Crippen molar-refractivity contribution >= 4 is 24.5 Å². The van der Waals surface area contributed by atoms with Gasteiger partial charge in [-0.1, -0.05) is 91.0 Å². The van der Waals surface area contributed by atoms with Crippen LogP contribution in [-0.2, 0) is 9.53 Å². The van der Waals surface area contributed by atoms with E-state index in [4.69, 9.17) is 4.74 Å². The van der Waals surface area contributed by atoms with Crippen molar-refractivity contribution in [1.82, 2.24) is 0 Å². The van der Waals surface area contributed by atoms with Crippen LogP contribution in [0.25, 0.3) is 0 Å². The Bertz CT molecular complexity index is 881. The normalized spacial score (nSPS) is 13.6. The van der Waals surface area contributed by atoms with Gasteiger partial charge in [-0.2, -0.15) is 0 Å². The molecule has 3 rings (SSSR count). The van der Waals surface area contributed by atoms with Gasteiger partial charge in [-0.05, 0) is 51.0 Å². The summed E-state index contributed by atoms with van der Waals surface area (Å²) in [4.78, 5) is 13.2. The zero-order valence-corrected chi connectivity index (χ0v) is 18.6. The summed E-state index contributed by atoms with van der Waals surface area (Å²) < 4.78 is 5.73. The molecule has 3 nitrogen and oxygen atoms in total. The van der Waals surface area contributed by atoms with E-state index in [1.54, 1.807) is 0 Å². The van der Waals surface area contributed by atoms with Crippen LogP contribution in [0.1, 0.15) is 32.4 Å². The molecule has 0 amide bonds. The van der Waals surface area contributed by atoms with Crippen molar-refractivity contribution < 1.29 is 14.6 Å². The molecule has 0 saturated carbocycles. The molecule has 0 bridgehead atoms. The van der Waals surface area contributed by atoms with Gasteiger partial charge in [0.2, 0.25) is 0 Å². The van der Waals surface area contributed by atoms with E-state index in [9.17, 15) is 9.90 Å². The van der Waals surface area contributed by atoms with Crippen molar-refractivity contribution in [3.63, 3.8) is 0 Å². The summed E-state index contributed by atoms with van der Waals surface area (Å²) >= 11 is 0. The van der Waals surface area contributed by atoms with Gasteiger partial charge in [-0.3, -0.25) is 4.79 Å². The van der Waals surface area contributed by atoms with Gasteiger partial charge < -0.3 is 9.84 Å². The lowest BCUT2D eigenvalue weighted by atomic mass is 9.97. The highest BCUT2D eigenvalue weighted by Gasteiger charge is 2.35. The quantitative estimate of drug-likeness (QED) is 0.441. The molecular formula is C26H29O3P. The third-order valence-electron chi connectivity index (χ3n) is 4.75. The Hall–Kier alpha value is -2.48. The van der Waals surface area contributed by atoms with Crippen molar-refractivity contribution in [3.8, 4) is 0 Å². The van der Waals surface area contributed by atoms with Gasteiger partial charge in [0.25, 0.3) is 0 Å². The first kappa shape index (κ1) is 22.2. The smallest absolute Gasteiger partial charge is 0.312 e. The van der Waals surface area contributed by atoms with Gasteiger partial charge in [0.15, 0.2) is 0 Å². The van der Waals surface area contributed by atoms with Crippen LogP contribution in [0.3, 0.4) is 0 Å². The number of carbonyl (C=O) groups is 1. The predicted octanol–water partition coefficient (Wildman–Crippen LogP) is 4.81. The Kier molecular flexibility index (Phi) is 7.42. The fourth-order valence-electron chi connectivity index (χ4n) is 3.34. The van der Waals surface area contributed by atoms with Crippen LogP contribution in [0.4, 0.5) is 0 Å². The van der Waals surface area contributed by atoms with E-state index >= 15 is 0 Å². The van der Waals surface area contributed by atoms with Gasteiger partial charge in [-0.15, -0.1) is 0 Å². The third-order valence-corrected chi connectivity index (χ3v) is 7.35. The van der Waals surface area contributed by atoms with E-state index in [1.165, 1.54) is 10.6 Å². The summed E-state index contributed by atoms with van der Waals surface area (Å²) in [5, 5.41) is 13.5. The zero-order chi connectivity index (χ0) is 21.6. The van der Waals surface area contributed by atoms with E-state index in [0.717, 1.165) is 5.56 Å². The van der Waals surface area contributed by atoms with Crippen LogP contribution in [0.15, 0.2) is 91.0 Å². The lowest BCUT2D eigenvalue weighted by molar-refractivity contribution is -0.163. The van der Waals surface area contributed by atoms with E-state index in [1.807, 2.05) is 87.5 Å². The molecule has 30 heavy (non-hydrogen) atoms. The minimum absolute atomic E-state index is 0.363. The molecular weight excluding hydrogens is 391 g/mol. The van der Waals surface area contributed by atoms with E-state index in [2.05, 4.69) is 24.3 Å². The second-order valence-corrected chi connectivity index (χ2v) is 10.5. The minimum Gasteiger partial charge on any atom is -0.460 e. The first-order valence-electron chi connectivity index (χ1n) is 10.2. The van der Waals surface area contributed by atoms with Gasteiger partial charge in [0, 0.05) is 0 Å². The summed E-state index contributed by atoms with van der Waals surface area (Å²) in [7, 11) is -0.848. The molecule has 2 atom stereocenters. The summed E-state index contributed by atoms with van der Waals surface area (Å²) in [6.07, 6.45) is -0.424. The molecule has 0 aliphatic heterocycles. The van der Waals surface area contributed by atoms with Gasteiger partial charge in [0.05, 0.1) is 12.0 Å². The lowest BCUT2D eigenvalue weighted by Crippen LogP contribution is -2.35. The predicted molar refractivity (Wildman–Crippen MR) is 125 cm³/mol. The van der Waals surface area contributed by atoms with Crippen LogP contribution < -0.4 is 10.6 Å². The standard InChI is InChI=1S/C26H29O3P/c1-26(2,3)29-25(28)23(24(27)20-13-7-4-8-14-20)19-30(21-15-9-5-10-16-21)22-17-11-6-12-18-22/h4-18,23-24,27H,19H2,1-3H3/t23-,24+/m1/s1. The molecule has 0 unspecified atom stereocenters. The Balaban J connectivity index is 1.99. The van der Waals surface area contributed by atoms with Crippen molar-refractivity contribution in [2.24, 2.45) is 5.92 Å². The Morgan fingerprint density at radius 2 is 1.27 bits per heavy atom. The lowest BCUT2D eigenvalue weighted by Gasteiger charge is -2.30. The average Bonchev–Trinajstić information content (AvgIpc) is 2.74. The highest BCUT2D eigenvalue weighted by atomic mass is 31.1. The molecule has 0 heterocycles. The summed E-state index contributed by atoms with van der Waals surface area (Å²) in [5.41, 5.74) is 0.109. The molecule has 4 heteroatoms. The topological polar surface area (TPSA) is 46.5 Å². The Morgan fingerprint density at radius 1 is 0.833 bits per heavy atom. The Morgan fingerprint density at radius 3 is 1.70 bits per heavy atom. The summed E-state index contributed by atoms with van der Waals surface area (Å²) in [6, 6.07) is 29.8. The maximum Gasteiger partial charge on any atom is 0.312 e. The monoisotopic (exact) mass is 420 g/mol. The number of hydrogen-bond donors (Lipinski definition) is 1. The van der Waals surface area contributed by atoms with Crippen molar-refractivity contribution in [2.45, 2.75) is 32.5 Å². The molecule has 1 N–H and O–H groups in total. The van der Waals surface area contributed by atoms with Crippen molar-refractivity contribution in [3.05, 3.63) is 96.6 Å². The van der Waals surface area contributed by atoms with Crippen molar-refractivity contribution in [2.75, 3.05) is 6.16 Å². The van der Waals surface area contributed by atoms with Gasteiger partial charge >= 0.3 is 5.97 Å². The van der Waals surface area contributed by atoms with Crippen LogP contribution in [0.5, 0.6) is 0 Å². The van der Waals surface area contributed by atoms with E-state index < -0.39 is 25.5 Å². The van der Waals surface area contributed by atoms with Gasteiger partial charge in [0.1, 0.15) is 5.60 Å². The molecule has 3 aromatic rings. The second kappa shape index (κ2) is 10.0. The average molecular weight is 420 g/mol. The molecule has 3 aromatic carbocycles. The number of rotatable bonds is 7. The number of esters is 1. The molecule has 0 aliphatic rings. The number of carbonyl (C=O) groups excluding carboxylic acids is 1. The number of aliphatic hydroxyl groups excluding tert-OH is 1. The SMILES string of the molecule is CC(C)(C)OC(=O)[C@H](CP(c1ccccc1)c1ccccc1)[C@@H](O)c1ccccc1. The molecule has 156 valence electrons. The summed E-state index contributed by atoms with van der Waals surface area (Å²) in [5.74, 6) is -1.03. The first-order chi connectivity index (χ1) is 14.3. The van der Waals surface area contributed by atoms with Crippen LogP contribution in [0.2, 0.25) is 0 Å². The number of aliphatic hydroxyl groups is 1. The fourth-order valence-corrected chi connectivity index (χ4v) is 5.86. The summed E-state index contributed by atoms with van der Waals surface area (Å²) in [6.45, 7) is 5.57. The number of ether oxygens (including phenoxy) is 1. The van der Waals surface area contributed by atoms with Crippen molar-refractivity contribution in [1.29, 1.82) is 0 Å². The fraction of sp³-hybridized carbons (Fsp3) is 0.269. The first-order valence-corrected chi connectivity index (χ1v) is 11.7. The van der Waals surface area contributed by atoms with Crippen LogP contribution >= 0.6 is 7.92 Å². The maximum atomic E-state index is 13.2. The second-order valence-electron chi connectivity index (χ2n) is 8.28. The van der Waals surface area contributed by atoms with Crippen LogP contribution in [0, 0.1) is 5.92 Å². The third kappa shape index (κ3) is 6.01. The molecule has 0 spiro atoms. The molecule has 0 aliphatic carbocycles. The zero-order valence-electron chi connectivity index (χ0n) is 17.7. The molecule has 0 saturated heterocycles. The largest absolute Gasteiger partial charge is 0.460 e. The molecule has 0 fully saturated rings. The Labute approximate surface area is 180 Å². The molecule has 0 aromatic heterocycles. The molecule has 0 radical (unpaired) electrons. The van der Waals surface area contributed by atoms with Gasteiger partial charge in [-0.25, -0.2) is 0 Å². The highest BCUT2D eigenvalue weighted by molar-refractivity contribution is 7.73. The minimum atomic E-state index is -0.932. The highest BCUT2D eigenvalue weighted by Crippen LogP contribution is 2.40. The van der Waals surface area contributed by atoms with E-state index in [0.29, 0.717) is 6.16 Å². The number of hydrogen-bond acceptors (Lipinski definition) is 3. The van der Waals surface area contributed by atoms with E-state index in [-0.39, 0.29) is 5.97 Å².